The number of rotatable bonds is 3. The molecule has 0 amide bonds. The molecule has 25 heavy (non-hydrogen) atoms. The quantitative estimate of drug-likeness (QED) is 0.670. The zero-order valence-electron chi connectivity index (χ0n) is 14.4. The van der Waals surface area contributed by atoms with Gasteiger partial charge in [0.25, 0.3) is 0 Å². The fraction of sp³-hybridized carbons (Fsp3) is 1.00. The van der Waals surface area contributed by atoms with Crippen molar-refractivity contribution < 1.29 is 31.4 Å². The van der Waals surface area contributed by atoms with Gasteiger partial charge in [-0.05, 0) is 43.9 Å². The van der Waals surface area contributed by atoms with Crippen LogP contribution in [0.4, 0.5) is 22.0 Å². The molecule has 4 unspecified atom stereocenters. The van der Waals surface area contributed by atoms with E-state index in [0.717, 1.165) is 0 Å². The smallest absolute Gasteiger partial charge is 0.247 e. The van der Waals surface area contributed by atoms with Crippen LogP contribution in [0.5, 0.6) is 0 Å². The van der Waals surface area contributed by atoms with Gasteiger partial charge >= 0.3 is 0 Å². The van der Waals surface area contributed by atoms with Crippen LogP contribution < -0.4 is 0 Å². The lowest BCUT2D eigenvalue weighted by atomic mass is 9.67. The van der Waals surface area contributed by atoms with Crippen molar-refractivity contribution in [3.63, 3.8) is 0 Å². The minimum Gasteiger partial charge on any atom is -0.352 e. The van der Waals surface area contributed by atoms with E-state index < -0.39 is 49.0 Å². The second kappa shape index (κ2) is 8.07. The number of alkyl halides is 5. The summed E-state index contributed by atoms with van der Waals surface area (Å²) in [5.41, 5.74) is 0. The van der Waals surface area contributed by atoms with Gasteiger partial charge in [-0.25, -0.2) is 22.0 Å². The molecule has 0 aromatic rings. The lowest BCUT2D eigenvalue weighted by Gasteiger charge is -2.43. The summed E-state index contributed by atoms with van der Waals surface area (Å²) in [7, 11) is 0. The molecule has 0 radical (unpaired) electrons. The molecule has 3 aliphatic rings. The predicted molar refractivity (Wildman–Crippen MR) is 82.6 cm³/mol. The third-order valence-electron chi connectivity index (χ3n) is 6.13. The molecule has 7 heteroatoms. The summed E-state index contributed by atoms with van der Waals surface area (Å²) in [6.07, 6.45) is -7.34. The van der Waals surface area contributed by atoms with Gasteiger partial charge in [-0.15, -0.1) is 0 Å². The SMILES string of the molecule is CC1COC([C@@H]2CCC(C3CC(F)C(C(F)F)C(F)C3)C(F)C2)OC1. The molecule has 2 saturated carbocycles. The first kappa shape index (κ1) is 19.3. The van der Waals surface area contributed by atoms with E-state index in [-0.39, 0.29) is 25.2 Å². The lowest BCUT2D eigenvalue weighted by molar-refractivity contribution is -0.230. The lowest BCUT2D eigenvalue weighted by Crippen LogP contribution is -2.46. The first-order chi connectivity index (χ1) is 11.9. The molecule has 2 nitrogen and oxygen atoms in total. The van der Waals surface area contributed by atoms with Crippen molar-refractivity contribution in [2.45, 2.75) is 70.3 Å². The number of hydrogen-bond donors (Lipinski definition) is 0. The number of ether oxygens (including phenoxy) is 2. The van der Waals surface area contributed by atoms with Crippen molar-refractivity contribution in [3.8, 4) is 0 Å². The molecule has 5 atom stereocenters. The van der Waals surface area contributed by atoms with Crippen molar-refractivity contribution >= 4 is 0 Å². The molecule has 3 fully saturated rings. The maximum Gasteiger partial charge on any atom is 0.247 e. The molecule has 0 aromatic heterocycles. The molecule has 146 valence electrons. The fourth-order valence-corrected chi connectivity index (χ4v) is 4.71. The molecular weight excluding hydrogens is 343 g/mol. The van der Waals surface area contributed by atoms with Gasteiger partial charge in [-0.3, -0.25) is 0 Å². The molecule has 0 bridgehead atoms. The number of hydrogen-bond acceptors (Lipinski definition) is 2. The third kappa shape index (κ3) is 4.29. The van der Waals surface area contributed by atoms with Crippen molar-refractivity contribution in [2.75, 3.05) is 13.2 Å². The van der Waals surface area contributed by atoms with Crippen molar-refractivity contribution in [1.29, 1.82) is 0 Å². The van der Waals surface area contributed by atoms with Crippen LogP contribution in [0.1, 0.15) is 39.0 Å². The highest BCUT2D eigenvalue weighted by molar-refractivity contribution is 4.94. The Balaban J connectivity index is 1.55. The van der Waals surface area contributed by atoms with Crippen LogP contribution in [-0.2, 0) is 9.47 Å². The van der Waals surface area contributed by atoms with Crippen LogP contribution in [0.2, 0.25) is 0 Å². The molecule has 0 spiro atoms. The van der Waals surface area contributed by atoms with E-state index in [1.807, 2.05) is 6.92 Å². The van der Waals surface area contributed by atoms with Crippen LogP contribution in [0.15, 0.2) is 0 Å². The van der Waals surface area contributed by atoms with E-state index in [9.17, 15) is 22.0 Å². The van der Waals surface area contributed by atoms with E-state index in [2.05, 4.69) is 0 Å². The van der Waals surface area contributed by atoms with Gasteiger partial charge in [-0.1, -0.05) is 6.92 Å². The van der Waals surface area contributed by atoms with Gasteiger partial charge < -0.3 is 9.47 Å². The zero-order valence-corrected chi connectivity index (χ0v) is 14.4. The van der Waals surface area contributed by atoms with Gasteiger partial charge in [0.05, 0.1) is 19.1 Å². The maximum absolute atomic E-state index is 14.7. The van der Waals surface area contributed by atoms with Crippen molar-refractivity contribution in [3.05, 3.63) is 0 Å². The van der Waals surface area contributed by atoms with Gasteiger partial charge in [0.15, 0.2) is 6.29 Å². The van der Waals surface area contributed by atoms with Gasteiger partial charge in [0, 0.05) is 11.8 Å². The summed E-state index contributed by atoms with van der Waals surface area (Å²) >= 11 is 0. The summed E-state index contributed by atoms with van der Waals surface area (Å²) in [5.74, 6) is -2.57. The van der Waals surface area contributed by atoms with E-state index in [0.29, 0.717) is 32.0 Å². The molecular formula is C18H27F5O2. The van der Waals surface area contributed by atoms with E-state index >= 15 is 0 Å². The number of halogens is 5. The van der Waals surface area contributed by atoms with Crippen LogP contribution >= 0.6 is 0 Å². The zero-order chi connectivity index (χ0) is 18.1. The van der Waals surface area contributed by atoms with E-state index in [1.165, 1.54) is 0 Å². The molecule has 1 saturated heterocycles. The topological polar surface area (TPSA) is 18.5 Å². The van der Waals surface area contributed by atoms with E-state index in [1.54, 1.807) is 0 Å². The Morgan fingerprint density at radius 2 is 1.36 bits per heavy atom. The first-order valence-electron chi connectivity index (χ1n) is 9.30. The van der Waals surface area contributed by atoms with Crippen LogP contribution in [0, 0.1) is 29.6 Å². The molecule has 1 heterocycles. The van der Waals surface area contributed by atoms with Gasteiger partial charge in [0.1, 0.15) is 18.5 Å². The maximum atomic E-state index is 14.7. The monoisotopic (exact) mass is 370 g/mol. The minimum atomic E-state index is -3.01. The minimum absolute atomic E-state index is 0.0569. The van der Waals surface area contributed by atoms with Gasteiger partial charge in [-0.2, -0.15) is 0 Å². The summed E-state index contributed by atoms with van der Waals surface area (Å²) in [6, 6.07) is 0. The second-order valence-electron chi connectivity index (χ2n) is 8.07. The first-order valence-corrected chi connectivity index (χ1v) is 9.30. The Labute approximate surface area is 145 Å². The summed E-state index contributed by atoms with van der Waals surface area (Å²) < 4.78 is 79.5. The standard InChI is InChI=1S/C18H27F5O2/c1-9-7-24-18(25-8-9)10-2-3-12(13(19)4-10)11-5-14(20)16(17(22)23)15(21)6-11/h9-18H,2-8H2,1H3/t9?,10-,11?,12?,13?,14?,15?,16?,18?/m1/s1. The highest BCUT2D eigenvalue weighted by Gasteiger charge is 2.48. The van der Waals surface area contributed by atoms with Crippen LogP contribution in [-0.4, -0.2) is 44.4 Å². The average molecular weight is 370 g/mol. The Hall–Kier alpha value is -0.430. The predicted octanol–water partition coefficient (Wildman–Crippen LogP) is 4.72. The molecule has 3 rings (SSSR count). The van der Waals surface area contributed by atoms with Crippen LogP contribution in [0.25, 0.3) is 0 Å². The van der Waals surface area contributed by atoms with Crippen molar-refractivity contribution in [1.82, 2.24) is 0 Å². The average Bonchev–Trinajstić information content (AvgIpc) is 2.54. The fourth-order valence-electron chi connectivity index (χ4n) is 4.71. The van der Waals surface area contributed by atoms with Crippen LogP contribution in [0.3, 0.4) is 0 Å². The van der Waals surface area contributed by atoms with E-state index in [4.69, 9.17) is 9.47 Å². The summed E-state index contributed by atoms with van der Waals surface area (Å²) in [5, 5.41) is 0. The normalized spacial score (nSPS) is 49.3. The molecule has 0 aromatic carbocycles. The molecule has 0 N–H and O–H groups in total. The highest BCUT2D eigenvalue weighted by atomic mass is 19.3. The second-order valence-corrected chi connectivity index (χ2v) is 8.07. The van der Waals surface area contributed by atoms with Gasteiger partial charge in [0.2, 0.25) is 6.43 Å². The molecule has 2 aliphatic carbocycles. The highest BCUT2D eigenvalue weighted by Crippen LogP contribution is 2.46. The Bertz CT molecular complexity index is 418. The third-order valence-corrected chi connectivity index (χ3v) is 6.13. The Morgan fingerprint density at radius 1 is 0.800 bits per heavy atom. The van der Waals surface area contributed by atoms with Crippen molar-refractivity contribution in [2.24, 2.45) is 29.6 Å². The Morgan fingerprint density at radius 3 is 1.88 bits per heavy atom. The molecule has 1 aliphatic heterocycles. The summed E-state index contributed by atoms with van der Waals surface area (Å²) in [4.78, 5) is 0. The largest absolute Gasteiger partial charge is 0.352 e. The summed E-state index contributed by atoms with van der Waals surface area (Å²) in [6.45, 7) is 3.19. The Kier molecular flexibility index (Phi) is 6.24.